The Hall–Kier alpha value is -2.61. The van der Waals surface area contributed by atoms with Crippen LogP contribution in [0, 0.1) is 0 Å². The van der Waals surface area contributed by atoms with Gasteiger partial charge in [-0.05, 0) is 23.8 Å². The minimum absolute atomic E-state index is 0.102. The van der Waals surface area contributed by atoms with Crippen molar-refractivity contribution >= 4 is 28.1 Å². The molecule has 124 valence electrons. The molecule has 3 rings (SSSR count). The third kappa shape index (κ3) is 4.45. The number of benzene rings is 1. The van der Waals surface area contributed by atoms with Crippen LogP contribution < -0.4 is 10.1 Å². The number of carbonyl (C=O) groups excluding carboxylic acids is 2. The fourth-order valence-electron chi connectivity index (χ4n) is 2.17. The van der Waals surface area contributed by atoms with Crippen LogP contribution in [0.25, 0.3) is 0 Å². The lowest BCUT2D eigenvalue weighted by atomic mass is 10.2. The molecule has 0 radical (unpaired) electrons. The summed E-state index contributed by atoms with van der Waals surface area (Å²) in [7, 11) is 0. The molecule has 1 saturated heterocycles. The van der Waals surface area contributed by atoms with Crippen molar-refractivity contribution in [2.75, 3.05) is 25.0 Å². The van der Waals surface area contributed by atoms with Gasteiger partial charge in [0.1, 0.15) is 12.4 Å². The SMILES string of the molecule is O=C1CN(Cc2ccc(OCCNc3ncccn3)cc2)C(=O)S1. The van der Waals surface area contributed by atoms with E-state index in [1.54, 1.807) is 18.5 Å². The fourth-order valence-corrected chi connectivity index (χ4v) is 2.84. The minimum Gasteiger partial charge on any atom is -0.492 e. The molecule has 0 spiro atoms. The van der Waals surface area contributed by atoms with Gasteiger partial charge in [-0.2, -0.15) is 0 Å². The zero-order valence-electron chi connectivity index (χ0n) is 12.8. The average Bonchev–Trinajstić information content (AvgIpc) is 2.91. The summed E-state index contributed by atoms with van der Waals surface area (Å²) in [6.45, 7) is 1.68. The molecule has 1 aliphatic rings. The van der Waals surface area contributed by atoms with Crippen LogP contribution >= 0.6 is 11.8 Å². The van der Waals surface area contributed by atoms with Crippen LogP contribution in [0.5, 0.6) is 5.75 Å². The molecule has 1 amide bonds. The van der Waals surface area contributed by atoms with Crippen LogP contribution in [0.1, 0.15) is 5.56 Å². The molecular weight excluding hydrogens is 328 g/mol. The molecule has 1 aromatic carbocycles. The van der Waals surface area contributed by atoms with Crippen LogP contribution in [0.3, 0.4) is 0 Å². The van der Waals surface area contributed by atoms with E-state index in [0.29, 0.717) is 25.6 Å². The number of carbonyl (C=O) groups is 2. The lowest BCUT2D eigenvalue weighted by molar-refractivity contribution is -0.110. The van der Waals surface area contributed by atoms with E-state index >= 15 is 0 Å². The van der Waals surface area contributed by atoms with E-state index in [2.05, 4.69) is 15.3 Å². The van der Waals surface area contributed by atoms with Crippen molar-refractivity contribution in [3.63, 3.8) is 0 Å². The summed E-state index contributed by atoms with van der Waals surface area (Å²) >= 11 is 0.769. The number of amides is 1. The molecule has 0 aliphatic carbocycles. The van der Waals surface area contributed by atoms with Crippen LogP contribution in [0.15, 0.2) is 42.7 Å². The maximum Gasteiger partial charge on any atom is 0.290 e. The van der Waals surface area contributed by atoms with Gasteiger partial charge in [-0.25, -0.2) is 9.97 Å². The van der Waals surface area contributed by atoms with E-state index in [-0.39, 0.29) is 16.9 Å². The lowest BCUT2D eigenvalue weighted by Crippen LogP contribution is -2.23. The first-order valence-electron chi connectivity index (χ1n) is 7.43. The number of ether oxygens (including phenoxy) is 1. The molecule has 7 nitrogen and oxygen atoms in total. The number of aromatic nitrogens is 2. The standard InChI is InChI=1S/C16H16N4O3S/c21-14-11-20(16(22)24-14)10-12-2-4-13(5-3-12)23-9-8-19-15-17-6-1-7-18-15/h1-7H,8-11H2,(H,17,18,19). The van der Waals surface area contributed by atoms with E-state index in [1.807, 2.05) is 24.3 Å². The van der Waals surface area contributed by atoms with Crippen molar-refractivity contribution in [3.8, 4) is 5.75 Å². The average molecular weight is 344 g/mol. The normalized spacial score (nSPS) is 14.1. The molecule has 1 N–H and O–H groups in total. The van der Waals surface area contributed by atoms with Crippen molar-refractivity contribution < 1.29 is 14.3 Å². The number of anilines is 1. The zero-order chi connectivity index (χ0) is 16.8. The van der Waals surface area contributed by atoms with Crippen molar-refractivity contribution in [1.29, 1.82) is 0 Å². The third-order valence-electron chi connectivity index (χ3n) is 3.30. The highest BCUT2D eigenvalue weighted by Crippen LogP contribution is 2.22. The highest BCUT2D eigenvalue weighted by Gasteiger charge is 2.28. The zero-order valence-corrected chi connectivity index (χ0v) is 13.7. The fraction of sp³-hybridized carbons (Fsp3) is 0.250. The van der Waals surface area contributed by atoms with Gasteiger partial charge in [0.05, 0.1) is 13.1 Å². The summed E-state index contributed by atoms with van der Waals surface area (Å²) in [4.78, 5) is 32.5. The predicted molar refractivity (Wildman–Crippen MR) is 90.9 cm³/mol. The van der Waals surface area contributed by atoms with Gasteiger partial charge in [0, 0.05) is 30.7 Å². The Labute approximate surface area is 143 Å². The Bertz CT molecular complexity index is 709. The molecule has 0 atom stereocenters. The Kier molecular flexibility index (Phi) is 5.27. The maximum atomic E-state index is 11.6. The smallest absolute Gasteiger partial charge is 0.290 e. The molecule has 8 heteroatoms. The van der Waals surface area contributed by atoms with Crippen molar-refractivity contribution in [2.24, 2.45) is 0 Å². The van der Waals surface area contributed by atoms with Gasteiger partial charge in [-0.3, -0.25) is 9.59 Å². The van der Waals surface area contributed by atoms with E-state index in [1.165, 1.54) is 4.90 Å². The Morgan fingerprint density at radius 3 is 2.58 bits per heavy atom. The second-order valence-electron chi connectivity index (χ2n) is 5.09. The van der Waals surface area contributed by atoms with E-state index in [0.717, 1.165) is 23.1 Å². The summed E-state index contributed by atoms with van der Waals surface area (Å²) in [5.74, 6) is 1.31. The van der Waals surface area contributed by atoms with Crippen molar-refractivity contribution in [3.05, 3.63) is 48.3 Å². The van der Waals surface area contributed by atoms with Crippen molar-refractivity contribution in [1.82, 2.24) is 14.9 Å². The first kappa shape index (κ1) is 16.3. The molecule has 0 saturated carbocycles. The first-order valence-corrected chi connectivity index (χ1v) is 8.24. The highest BCUT2D eigenvalue weighted by atomic mass is 32.2. The quantitative estimate of drug-likeness (QED) is 0.771. The van der Waals surface area contributed by atoms with Gasteiger partial charge in [0.25, 0.3) is 5.24 Å². The number of hydrogen-bond acceptors (Lipinski definition) is 7. The largest absolute Gasteiger partial charge is 0.492 e. The molecule has 24 heavy (non-hydrogen) atoms. The van der Waals surface area contributed by atoms with Gasteiger partial charge in [-0.15, -0.1) is 0 Å². The lowest BCUT2D eigenvalue weighted by Gasteiger charge is -2.14. The van der Waals surface area contributed by atoms with Gasteiger partial charge in [0.2, 0.25) is 11.1 Å². The van der Waals surface area contributed by atoms with Crippen LogP contribution in [-0.4, -0.2) is 44.9 Å². The summed E-state index contributed by atoms with van der Waals surface area (Å²) < 4.78 is 5.63. The summed E-state index contributed by atoms with van der Waals surface area (Å²) in [6.07, 6.45) is 3.35. The molecule has 0 bridgehead atoms. The number of rotatable bonds is 7. The summed E-state index contributed by atoms with van der Waals surface area (Å²) in [5.41, 5.74) is 0.960. The third-order valence-corrected chi connectivity index (χ3v) is 4.09. The van der Waals surface area contributed by atoms with Crippen LogP contribution in [0.4, 0.5) is 10.7 Å². The van der Waals surface area contributed by atoms with Crippen LogP contribution in [-0.2, 0) is 11.3 Å². The molecule has 2 aromatic rings. The van der Waals surface area contributed by atoms with E-state index in [4.69, 9.17) is 4.74 Å². The first-order chi connectivity index (χ1) is 11.7. The van der Waals surface area contributed by atoms with Gasteiger partial charge >= 0.3 is 0 Å². The van der Waals surface area contributed by atoms with Gasteiger partial charge in [0.15, 0.2) is 0 Å². The molecular formula is C16H16N4O3S. The summed E-state index contributed by atoms with van der Waals surface area (Å²) in [5, 5.41) is 2.77. The van der Waals surface area contributed by atoms with Gasteiger partial charge < -0.3 is 15.0 Å². The van der Waals surface area contributed by atoms with E-state index < -0.39 is 0 Å². The molecule has 1 fully saturated rings. The summed E-state index contributed by atoms with van der Waals surface area (Å²) in [6, 6.07) is 9.24. The van der Waals surface area contributed by atoms with Gasteiger partial charge in [-0.1, -0.05) is 12.1 Å². The monoisotopic (exact) mass is 344 g/mol. The predicted octanol–water partition coefficient (Wildman–Crippen LogP) is 2.16. The Balaban J connectivity index is 1.43. The molecule has 0 unspecified atom stereocenters. The van der Waals surface area contributed by atoms with E-state index in [9.17, 15) is 9.59 Å². The van der Waals surface area contributed by atoms with Crippen molar-refractivity contribution in [2.45, 2.75) is 6.54 Å². The highest BCUT2D eigenvalue weighted by molar-refractivity contribution is 8.26. The molecule has 1 aromatic heterocycles. The Morgan fingerprint density at radius 2 is 1.92 bits per heavy atom. The number of nitrogens with zero attached hydrogens (tertiary/aromatic N) is 3. The second-order valence-corrected chi connectivity index (χ2v) is 6.10. The topological polar surface area (TPSA) is 84.4 Å². The second kappa shape index (κ2) is 7.78. The van der Waals surface area contributed by atoms with Crippen LogP contribution in [0.2, 0.25) is 0 Å². The minimum atomic E-state index is -0.186. The molecule has 1 aliphatic heterocycles. The number of thioether (sulfide) groups is 1. The number of nitrogens with one attached hydrogen (secondary N) is 1. The maximum absolute atomic E-state index is 11.6. The number of hydrogen-bond donors (Lipinski definition) is 1. The molecule has 2 heterocycles. The Morgan fingerprint density at radius 1 is 1.17 bits per heavy atom.